The molecular weight excluding hydrogens is 314 g/mol. The maximum atomic E-state index is 12.8. The number of carbonyl (C=O) groups is 2. The van der Waals surface area contributed by atoms with Gasteiger partial charge in [-0.3, -0.25) is 9.59 Å². The van der Waals surface area contributed by atoms with Crippen molar-refractivity contribution in [2.45, 2.75) is 57.8 Å². The number of piperidine rings is 1. The molecule has 1 saturated carbocycles. The van der Waals surface area contributed by atoms with Gasteiger partial charge >= 0.3 is 5.97 Å². The van der Waals surface area contributed by atoms with Gasteiger partial charge in [-0.15, -0.1) is 0 Å². The van der Waals surface area contributed by atoms with Crippen LogP contribution in [0.25, 0.3) is 0 Å². The molecule has 1 saturated heterocycles. The highest BCUT2D eigenvalue weighted by Crippen LogP contribution is 2.34. The number of aliphatic carboxylic acids is 1. The van der Waals surface area contributed by atoms with E-state index in [1.54, 1.807) is 0 Å². The Kier molecular flexibility index (Phi) is 5.45. The van der Waals surface area contributed by atoms with E-state index in [0.717, 1.165) is 31.2 Å². The predicted molar refractivity (Wildman–Crippen MR) is 97.6 cm³/mol. The summed E-state index contributed by atoms with van der Waals surface area (Å²) in [6, 6.07) is 8.49. The van der Waals surface area contributed by atoms with Crippen LogP contribution in [-0.4, -0.2) is 35.0 Å². The lowest BCUT2D eigenvalue weighted by molar-refractivity contribution is -0.147. The molecular formula is C21H29NO3. The van der Waals surface area contributed by atoms with E-state index in [0.29, 0.717) is 25.4 Å². The molecule has 1 aromatic carbocycles. The summed E-state index contributed by atoms with van der Waals surface area (Å²) in [5.74, 6) is -0.376. The molecule has 1 amide bonds. The van der Waals surface area contributed by atoms with Crippen LogP contribution in [0.2, 0.25) is 0 Å². The minimum atomic E-state index is -0.785. The van der Waals surface area contributed by atoms with E-state index in [1.165, 1.54) is 5.56 Å². The van der Waals surface area contributed by atoms with Crippen LogP contribution in [0.15, 0.2) is 24.3 Å². The molecule has 4 heteroatoms. The number of rotatable bonds is 4. The fraction of sp³-hybridized carbons (Fsp3) is 0.619. The molecule has 2 fully saturated rings. The number of hydrogen-bond donors (Lipinski definition) is 1. The van der Waals surface area contributed by atoms with Gasteiger partial charge in [0.2, 0.25) is 5.91 Å². The van der Waals surface area contributed by atoms with E-state index in [1.807, 2.05) is 4.90 Å². The van der Waals surface area contributed by atoms with Crippen LogP contribution in [0.3, 0.4) is 0 Å². The second-order valence-electron chi connectivity index (χ2n) is 8.01. The standard InChI is InChI=1S/C21H29NO3/c1-14(2)15-7-9-16(10-8-15)18-11-19(21(24)25)13-22(12-18)20(23)17-5-3-4-6-17/h7-10,14,17-19H,3-6,11-13H2,1-2H3,(H,24,25). The van der Waals surface area contributed by atoms with Gasteiger partial charge < -0.3 is 10.0 Å². The summed E-state index contributed by atoms with van der Waals surface area (Å²) < 4.78 is 0. The van der Waals surface area contributed by atoms with Crippen LogP contribution in [0.5, 0.6) is 0 Å². The van der Waals surface area contributed by atoms with Gasteiger partial charge in [-0.1, -0.05) is 51.0 Å². The third-order valence-electron chi connectivity index (χ3n) is 5.89. The van der Waals surface area contributed by atoms with E-state index >= 15 is 0 Å². The zero-order valence-electron chi connectivity index (χ0n) is 15.3. The van der Waals surface area contributed by atoms with Gasteiger partial charge in [0, 0.05) is 24.9 Å². The van der Waals surface area contributed by atoms with Gasteiger partial charge in [0.15, 0.2) is 0 Å². The Labute approximate surface area is 150 Å². The van der Waals surface area contributed by atoms with Gasteiger partial charge in [-0.2, -0.15) is 0 Å². The van der Waals surface area contributed by atoms with Crippen LogP contribution in [0.4, 0.5) is 0 Å². The molecule has 1 N–H and O–H groups in total. The minimum Gasteiger partial charge on any atom is -0.481 e. The van der Waals surface area contributed by atoms with E-state index in [4.69, 9.17) is 0 Å². The number of benzene rings is 1. The molecule has 1 aliphatic carbocycles. The molecule has 3 rings (SSSR count). The molecule has 2 unspecified atom stereocenters. The summed E-state index contributed by atoms with van der Waals surface area (Å²) in [5, 5.41) is 9.55. The Morgan fingerprint density at radius 2 is 1.68 bits per heavy atom. The summed E-state index contributed by atoms with van der Waals surface area (Å²) >= 11 is 0. The van der Waals surface area contributed by atoms with Crippen LogP contribution < -0.4 is 0 Å². The fourth-order valence-corrected chi connectivity index (χ4v) is 4.28. The second-order valence-corrected chi connectivity index (χ2v) is 8.01. The van der Waals surface area contributed by atoms with Gasteiger partial charge in [-0.05, 0) is 36.3 Å². The second kappa shape index (κ2) is 7.59. The highest BCUT2D eigenvalue weighted by molar-refractivity contribution is 5.80. The normalized spacial score (nSPS) is 24.7. The van der Waals surface area contributed by atoms with Crippen molar-refractivity contribution < 1.29 is 14.7 Å². The zero-order valence-corrected chi connectivity index (χ0v) is 15.3. The summed E-state index contributed by atoms with van der Waals surface area (Å²) in [6.45, 7) is 5.35. The van der Waals surface area contributed by atoms with Crippen LogP contribution in [-0.2, 0) is 9.59 Å². The number of likely N-dealkylation sites (tertiary alicyclic amines) is 1. The van der Waals surface area contributed by atoms with E-state index < -0.39 is 11.9 Å². The minimum absolute atomic E-state index is 0.108. The van der Waals surface area contributed by atoms with Crippen LogP contribution in [0, 0.1) is 11.8 Å². The quantitative estimate of drug-likeness (QED) is 0.898. The maximum absolute atomic E-state index is 12.8. The van der Waals surface area contributed by atoms with Crippen molar-refractivity contribution in [2.24, 2.45) is 11.8 Å². The molecule has 1 aromatic rings. The monoisotopic (exact) mass is 343 g/mol. The summed E-state index contributed by atoms with van der Waals surface area (Å²) in [6.07, 6.45) is 4.77. The van der Waals surface area contributed by atoms with Crippen molar-refractivity contribution >= 4 is 11.9 Å². The molecule has 136 valence electrons. The lowest BCUT2D eigenvalue weighted by Crippen LogP contribution is -2.47. The fourth-order valence-electron chi connectivity index (χ4n) is 4.28. The number of carboxylic acids is 1. The van der Waals surface area contributed by atoms with E-state index in [9.17, 15) is 14.7 Å². The Morgan fingerprint density at radius 3 is 2.24 bits per heavy atom. The number of carbonyl (C=O) groups excluding carboxylic acids is 1. The smallest absolute Gasteiger partial charge is 0.308 e. The van der Waals surface area contributed by atoms with Crippen molar-refractivity contribution in [1.82, 2.24) is 4.90 Å². The molecule has 0 spiro atoms. The largest absolute Gasteiger partial charge is 0.481 e. The third-order valence-corrected chi connectivity index (χ3v) is 5.89. The molecule has 1 aliphatic heterocycles. The first-order valence-corrected chi connectivity index (χ1v) is 9.57. The number of carboxylic acid groups (broad SMARTS) is 1. The molecule has 0 radical (unpaired) electrons. The lowest BCUT2D eigenvalue weighted by Gasteiger charge is -2.37. The highest BCUT2D eigenvalue weighted by atomic mass is 16.4. The molecule has 0 bridgehead atoms. The zero-order chi connectivity index (χ0) is 18.0. The molecule has 0 aromatic heterocycles. The van der Waals surface area contributed by atoms with Gasteiger partial charge in [-0.25, -0.2) is 0 Å². The third kappa shape index (κ3) is 4.05. The number of nitrogens with zero attached hydrogens (tertiary/aromatic N) is 1. The molecule has 2 atom stereocenters. The Morgan fingerprint density at radius 1 is 1.04 bits per heavy atom. The van der Waals surface area contributed by atoms with Crippen molar-refractivity contribution in [3.63, 3.8) is 0 Å². The first kappa shape index (κ1) is 18.0. The van der Waals surface area contributed by atoms with Crippen molar-refractivity contribution in [2.75, 3.05) is 13.1 Å². The van der Waals surface area contributed by atoms with Crippen molar-refractivity contribution in [3.05, 3.63) is 35.4 Å². The summed E-state index contributed by atoms with van der Waals surface area (Å²) in [4.78, 5) is 26.3. The highest BCUT2D eigenvalue weighted by Gasteiger charge is 2.37. The average Bonchev–Trinajstić information content (AvgIpc) is 3.15. The SMILES string of the molecule is CC(C)c1ccc(C2CC(C(=O)O)CN(C(=O)C3CCCC3)C2)cc1. The topological polar surface area (TPSA) is 57.6 Å². The number of hydrogen-bond acceptors (Lipinski definition) is 2. The Balaban J connectivity index is 1.78. The van der Waals surface area contributed by atoms with E-state index in [-0.39, 0.29) is 17.7 Å². The average molecular weight is 343 g/mol. The molecule has 25 heavy (non-hydrogen) atoms. The molecule has 4 nitrogen and oxygen atoms in total. The first-order valence-electron chi connectivity index (χ1n) is 9.57. The predicted octanol–water partition coefficient (Wildman–Crippen LogP) is 4.02. The lowest BCUT2D eigenvalue weighted by atomic mass is 9.83. The Bertz CT molecular complexity index is 617. The molecule has 2 aliphatic rings. The molecule has 1 heterocycles. The van der Waals surface area contributed by atoms with Crippen LogP contribution >= 0.6 is 0 Å². The Hall–Kier alpha value is -1.84. The summed E-state index contributed by atoms with van der Waals surface area (Å²) in [7, 11) is 0. The van der Waals surface area contributed by atoms with Gasteiger partial charge in [0.25, 0.3) is 0 Å². The van der Waals surface area contributed by atoms with Crippen LogP contribution in [0.1, 0.15) is 68.9 Å². The van der Waals surface area contributed by atoms with Gasteiger partial charge in [0.05, 0.1) is 5.92 Å². The van der Waals surface area contributed by atoms with Crippen molar-refractivity contribution in [1.29, 1.82) is 0 Å². The maximum Gasteiger partial charge on any atom is 0.308 e. The van der Waals surface area contributed by atoms with Crippen molar-refractivity contribution in [3.8, 4) is 0 Å². The summed E-state index contributed by atoms with van der Waals surface area (Å²) in [5.41, 5.74) is 2.44. The first-order chi connectivity index (χ1) is 12.0. The van der Waals surface area contributed by atoms with E-state index in [2.05, 4.69) is 38.1 Å². The number of amides is 1. The van der Waals surface area contributed by atoms with Gasteiger partial charge in [0.1, 0.15) is 0 Å².